The molecule has 0 radical (unpaired) electrons. The third-order valence-electron chi connectivity index (χ3n) is 2.86. The fourth-order valence-electron chi connectivity index (χ4n) is 1.89. The molecule has 5 nitrogen and oxygen atoms in total. The molecule has 1 aliphatic heterocycles. The molecule has 0 saturated heterocycles. The van der Waals surface area contributed by atoms with Crippen molar-refractivity contribution in [1.82, 2.24) is 4.90 Å². The second kappa shape index (κ2) is 4.45. The Morgan fingerprint density at radius 1 is 1.41 bits per heavy atom. The van der Waals surface area contributed by atoms with Crippen molar-refractivity contribution in [3.05, 3.63) is 29.3 Å². The predicted octanol–water partition coefficient (Wildman–Crippen LogP) is 1.16. The second-order valence-electron chi connectivity index (χ2n) is 4.04. The van der Waals surface area contributed by atoms with Gasteiger partial charge in [-0.3, -0.25) is 4.79 Å². The number of nitrogens with one attached hydrogen (secondary N) is 1. The lowest BCUT2D eigenvalue weighted by molar-refractivity contribution is -0.129. The molecule has 0 bridgehead atoms. The Bertz CT molecular complexity index is 471. The number of amides is 1. The zero-order valence-corrected chi connectivity index (χ0v) is 9.56. The van der Waals surface area contributed by atoms with Gasteiger partial charge in [0.05, 0.1) is 5.56 Å². The molecule has 0 atom stereocenters. The van der Waals surface area contributed by atoms with E-state index in [1.54, 1.807) is 23.1 Å². The van der Waals surface area contributed by atoms with Crippen molar-refractivity contribution < 1.29 is 14.7 Å². The van der Waals surface area contributed by atoms with Gasteiger partial charge in [-0.1, -0.05) is 6.07 Å². The van der Waals surface area contributed by atoms with Crippen molar-refractivity contribution >= 4 is 17.6 Å². The maximum atomic E-state index is 11.3. The van der Waals surface area contributed by atoms with Gasteiger partial charge in [0.1, 0.15) is 0 Å². The first-order chi connectivity index (χ1) is 8.08. The van der Waals surface area contributed by atoms with Crippen LogP contribution in [0.4, 0.5) is 5.69 Å². The van der Waals surface area contributed by atoms with Crippen molar-refractivity contribution in [2.75, 3.05) is 18.4 Å². The van der Waals surface area contributed by atoms with Crippen LogP contribution in [0.25, 0.3) is 0 Å². The van der Waals surface area contributed by atoms with Gasteiger partial charge in [0, 0.05) is 32.2 Å². The average molecular weight is 234 g/mol. The SMILES string of the molecule is CC(=O)N1CCNc2cc(C(=O)O)ccc2C1. The number of anilines is 1. The number of nitrogens with zero attached hydrogens (tertiary/aromatic N) is 1. The second-order valence-corrected chi connectivity index (χ2v) is 4.04. The molecular weight excluding hydrogens is 220 g/mol. The van der Waals surface area contributed by atoms with Crippen LogP contribution >= 0.6 is 0 Å². The van der Waals surface area contributed by atoms with Gasteiger partial charge < -0.3 is 15.3 Å². The van der Waals surface area contributed by atoms with Crippen LogP contribution in [0.15, 0.2) is 18.2 Å². The van der Waals surface area contributed by atoms with Gasteiger partial charge in [0.15, 0.2) is 0 Å². The fraction of sp³-hybridized carbons (Fsp3) is 0.333. The molecule has 1 aromatic carbocycles. The van der Waals surface area contributed by atoms with Crippen molar-refractivity contribution in [2.45, 2.75) is 13.5 Å². The van der Waals surface area contributed by atoms with Gasteiger partial charge in [-0.15, -0.1) is 0 Å². The Hall–Kier alpha value is -2.04. The maximum Gasteiger partial charge on any atom is 0.335 e. The normalized spacial score (nSPS) is 14.5. The summed E-state index contributed by atoms with van der Waals surface area (Å²) >= 11 is 0. The summed E-state index contributed by atoms with van der Waals surface area (Å²) in [5.41, 5.74) is 2.00. The predicted molar refractivity (Wildman–Crippen MR) is 63.0 cm³/mol. The van der Waals surface area contributed by atoms with Crippen molar-refractivity contribution in [1.29, 1.82) is 0 Å². The Kier molecular flexibility index (Phi) is 2.99. The monoisotopic (exact) mass is 234 g/mol. The number of hydrogen-bond donors (Lipinski definition) is 2. The number of rotatable bonds is 1. The molecule has 1 aliphatic rings. The fourth-order valence-corrected chi connectivity index (χ4v) is 1.89. The molecule has 1 heterocycles. The number of carbonyl (C=O) groups excluding carboxylic acids is 1. The highest BCUT2D eigenvalue weighted by molar-refractivity contribution is 5.89. The summed E-state index contributed by atoms with van der Waals surface area (Å²) in [5, 5.41) is 12.1. The van der Waals surface area contributed by atoms with E-state index in [1.165, 1.54) is 6.92 Å². The molecule has 0 saturated carbocycles. The maximum absolute atomic E-state index is 11.3. The van der Waals surface area contributed by atoms with Gasteiger partial charge in [-0.05, 0) is 17.7 Å². The lowest BCUT2D eigenvalue weighted by atomic mass is 10.1. The van der Waals surface area contributed by atoms with Gasteiger partial charge in [-0.2, -0.15) is 0 Å². The van der Waals surface area contributed by atoms with E-state index in [0.717, 1.165) is 11.3 Å². The van der Waals surface area contributed by atoms with E-state index in [9.17, 15) is 9.59 Å². The molecule has 0 aliphatic carbocycles. The van der Waals surface area contributed by atoms with E-state index in [4.69, 9.17) is 5.11 Å². The number of carboxylic acids is 1. The molecule has 1 amide bonds. The highest BCUT2D eigenvalue weighted by Gasteiger charge is 2.17. The first kappa shape index (κ1) is 11.4. The Morgan fingerprint density at radius 3 is 2.82 bits per heavy atom. The van der Waals surface area contributed by atoms with Crippen molar-refractivity contribution in [2.24, 2.45) is 0 Å². The Labute approximate surface area is 99.0 Å². The largest absolute Gasteiger partial charge is 0.478 e. The number of benzene rings is 1. The van der Waals surface area contributed by atoms with E-state index in [-0.39, 0.29) is 11.5 Å². The number of carboxylic acid groups (broad SMARTS) is 1. The van der Waals surface area contributed by atoms with E-state index in [2.05, 4.69) is 5.32 Å². The van der Waals surface area contributed by atoms with Crippen LogP contribution in [0.1, 0.15) is 22.8 Å². The molecule has 17 heavy (non-hydrogen) atoms. The Morgan fingerprint density at radius 2 is 2.18 bits per heavy atom. The molecule has 0 fully saturated rings. The molecule has 90 valence electrons. The third-order valence-corrected chi connectivity index (χ3v) is 2.86. The minimum Gasteiger partial charge on any atom is -0.478 e. The standard InChI is InChI=1S/C12H14N2O3/c1-8(15)14-5-4-13-11-6-9(12(16)17)2-3-10(11)7-14/h2-3,6,13H,4-5,7H2,1H3,(H,16,17). The summed E-state index contributed by atoms with van der Waals surface area (Å²) in [6, 6.07) is 4.93. The van der Waals surface area contributed by atoms with Crippen LogP contribution in [-0.4, -0.2) is 35.0 Å². The summed E-state index contributed by atoms with van der Waals surface area (Å²) in [6.45, 7) is 3.33. The van der Waals surface area contributed by atoms with Gasteiger partial charge in [0.25, 0.3) is 0 Å². The molecule has 2 N–H and O–H groups in total. The van der Waals surface area contributed by atoms with Gasteiger partial charge >= 0.3 is 5.97 Å². The van der Waals surface area contributed by atoms with Crippen molar-refractivity contribution in [3.8, 4) is 0 Å². The molecule has 5 heteroatoms. The number of carbonyl (C=O) groups is 2. The van der Waals surface area contributed by atoms with E-state index < -0.39 is 5.97 Å². The quantitative estimate of drug-likeness (QED) is 0.765. The third kappa shape index (κ3) is 2.38. The zero-order chi connectivity index (χ0) is 12.4. The molecule has 1 aromatic rings. The smallest absolute Gasteiger partial charge is 0.335 e. The van der Waals surface area contributed by atoms with Crippen LogP contribution in [0, 0.1) is 0 Å². The van der Waals surface area contributed by atoms with Crippen LogP contribution in [0.3, 0.4) is 0 Å². The molecule has 2 rings (SSSR count). The zero-order valence-electron chi connectivity index (χ0n) is 9.56. The summed E-state index contributed by atoms with van der Waals surface area (Å²) in [5.74, 6) is -0.913. The number of hydrogen-bond acceptors (Lipinski definition) is 3. The first-order valence-corrected chi connectivity index (χ1v) is 5.43. The molecule has 0 unspecified atom stereocenters. The first-order valence-electron chi connectivity index (χ1n) is 5.43. The Balaban J connectivity index is 2.32. The van der Waals surface area contributed by atoms with E-state index >= 15 is 0 Å². The van der Waals surface area contributed by atoms with E-state index in [0.29, 0.717) is 19.6 Å². The van der Waals surface area contributed by atoms with Gasteiger partial charge in [0.2, 0.25) is 5.91 Å². The van der Waals surface area contributed by atoms with Crippen LogP contribution in [-0.2, 0) is 11.3 Å². The lowest BCUT2D eigenvalue weighted by Gasteiger charge is -2.17. The topological polar surface area (TPSA) is 69.6 Å². The molecule has 0 aromatic heterocycles. The van der Waals surface area contributed by atoms with Crippen LogP contribution in [0.5, 0.6) is 0 Å². The molecular formula is C12H14N2O3. The molecule has 0 spiro atoms. The van der Waals surface area contributed by atoms with Crippen molar-refractivity contribution in [3.63, 3.8) is 0 Å². The van der Waals surface area contributed by atoms with E-state index in [1.807, 2.05) is 0 Å². The highest BCUT2D eigenvalue weighted by Crippen LogP contribution is 2.22. The summed E-state index contributed by atoms with van der Waals surface area (Å²) < 4.78 is 0. The van der Waals surface area contributed by atoms with Gasteiger partial charge in [-0.25, -0.2) is 4.79 Å². The summed E-state index contributed by atoms with van der Waals surface area (Å²) in [6.07, 6.45) is 0. The minimum absolute atomic E-state index is 0.0296. The number of aromatic carboxylic acids is 1. The average Bonchev–Trinajstić information content (AvgIpc) is 2.49. The highest BCUT2D eigenvalue weighted by atomic mass is 16.4. The lowest BCUT2D eigenvalue weighted by Crippen LogP contribution is -2.30. The van der Waals surface area contributed by atoms with Crippen LogP contribution < -0.4 is 5.32 Å². The van der Waals surface area contributed by atoms with Crippen LogP contribution in [0.2, 0.25) is 0 Å². The summed E-state index contributed by atoms with van der Waals surface area (Å²) in [4.78, 5) is 23.9. The number of fused-ring (bicyclic) bond motifs is 1. The minimum atomic E-state index is -0.942. The summed E-state index contributed by atoms with van der Waals surface area (Å²) in [7, 11) is 0.